The molecule has 0 atom stereocenters. The predicted octanol–water partition coefficient (Wildman–Crippen LogP) is 6.03. The fourth-order valence-electron chi connectivity index (χ4n) is 5.73. The Balaban J connectivity index is 0.984. The SMILES string of the molecule is COc1ccc(CCc2oc(=O)n(CCCN3CCN(c4ccc(F)cc4)CC3)c2O)cc1OCc1coc(C=Cc2ccccc2)n1. The number of halogens is 1. The third kappa shape index (κ3) is 8.34. The summed E-state index contributed by atoms with van der Waals surface area (Å²) in [6.07, 6.45) is 6.84. The first kappa shape index (κ1) is 32.6. The molecule has 250 valence electrons. The number of piperazine rings is 1. The van der Waals surface area contributed by atoms with Crippen molar-refractivity contribution in [2.45, 2.75) is 32.4 Å². The van der Waals surface area contributed by atoms with Gasteiger partial charge in [0.1, 0.15) is 24.4 Å². The summed E-state index contributed by atoms with van der Waals surface area (Å²) in [6.45, 7) is 4.77. The van der Waals surface area contributed by atoms with Gasteiger partial charge in [-0.2, -0.15) is 0 Å². The molecule has 5 aromatic rings. The zero-order chi connectivity index (χ0) is 33.3. The van der Waals surface area contributed by atoms with Gasteiger partial charge in [0.05, 0.1) is 7.11 Å². The zero-order valence-electron chi connectivity index (χ0n) is 26.9. The van der Waals surface area contributed by atoms with Gasteiger partial charge >= 0.3 is 5.76 Å². The highest BCUT2D eigenvalue weighted by atomic mass is 19.1. The molecule has 0 amide bonds. The lowest BCUT2D eigenvalue weighted by Gasteiger charge is -2.36. The van der Waals surface area contributed by atoms with Crippen molar-refractivity contribution < 1.29 is 27.8 Å². The highest BCUT2D eigenvalue weighted by Gasteiger charge is 2.19. The molecule has 1 saturated heterocycles. The number of aromatic hydroxyl groups is 1. The van der Waals surface area contributed by atoms with Crippen molar-refractivity contribution in [3.8, 4) is 17.4 Å². The number of rotatable bonds is 14. The molecule has 0 radical (unpaired) electrons. The topological polar surface area (TPSA) is 106 Å². The van der Waals surface area contributed by atoms with E-state index in [9.17, 15) is 14.3 Å². The molecule has 0 saturated carbocycles. The van der Waals surface area contributed by atoms with Crippen LogP contribution in [0.1, 0.15) is 34.9 Å². The molecule has 2 aromatic heterocycles. The number of anilines is 1. The molecular weight excluding hydrogens is 615 g/mol. The van der Waals surface area contributed by atoms with Crippen molar-refractivity contribution in [1.82, 2.24) is 14.5 Å². The number of benzene rings is 3. The average Bonchev–Trinajstić information content (AvgIpc) is 3.69. The lowest BCUT2D eigenvalue weighted by molar-refractivity contribution is 0.247. The molecular formula is C37H39FN4O6. The van der Waals surface area contributed by atoms with Gasteiger partial charge in [-0.05, 0) is 73.0 Å². The molecule has 0 aliphatic carbocycles. The molecule has 0 spiro atoms. The van der Waals surface area contributed by atoms with Crippen molar-refractivity contribution in [1.29, 1.82) is 0 Å². The molecule has 1 N–H and O–H groups in total. The number of nitrogens with zero attached hydrogens (tertiary/aromatic N) is 4. The van der Waals surface area contributed by atoms with Gasteiger partial charge in [0.25, 0.3) is 0 Å². The first-order valence-electron chi connectivity index (χ1n) is 16.1. The summed E-state index contributed by atoms with van der Waals surface area (Å²) in [5, 5.41) is 10.8. The van der Waals surface area contributed by atoms with E-state index >= 15 is 0 Å². The Labute approximate surface area is 278 Å². The predicted molar refractivity (Wildman–Crippen MR) is 181 cm³/mol. The average molecular weight is 655 g/mol. The maximum absolute atomic E-state index is 13.3. The van der Waals surface area contributed by atoms with E-state index in [4.69, 9.17) is 18.3 Å². The third-order valence-electron chi connectivity index (χ3n) is 8.39. The quantitative estimate of drug-likeness (QED) is 0.154. The monoisotopic (exact) mass is 654 g/mol. The molecule has 1 fully saturated rings. The summed E-state index contributed by atoms with van der Waals surface area (Å²) in [6, 6.07) is 22.1. The van der Waals surface area contributed by atoms with Crippen LogP contribution in [0.15, 0.2) is 92.7 Å². The number of methoxy groups -OCH3 is 1. The Hall–Kier alpha value is -5.29. The number of ether oxygens (including phenoxy) is 2. The van der Waals surface area contributed by atoms with Crippen LogP contribution in [0.2, 0.25) is 0 Å². The molecule has 10 nitrogen and oxygen atoms in total. The van der Waals surface area contributed by atoms with Gasteiger partial charge in [0, 0.05) is 50.9 Å². The lowest BCUT2D eigenvalue weighted by Crippen LogP contribution is -2.46. The zero-order valence-corrected chi connectivity index (χ0v) is 26.9. The van der Waals surface area contributed by atoms with Crippen LogP contribution < -0.4 is 20.1 Å². The van der Waals surface area contributed by atoms with E-state index in [1.54, 1.807) is 31.6 Å². The van der Waals surface area contributed by atoms with Crippen molar-refractivity contribution in [3.63, 3.8) is 0 Å². The number of aromatic nitrogens is 2. The summed E-state index contributed by atoms with van der Waals surface area (Å²) in [5.41, 5.74) is 3.62. The summed E-state index contributed by atoms with van der Waals surface area (Å²) >= 11 is 0. The van der Waals surface area contributed by atoms with E-state index in [2.05, 4.69) is 14.8 Å². The second kappa shape index (κ2) is 15.5. The molecule has 0 bridgehead atoms. The summed E-state index contributed by atoms with van der Waals surface area (Å²) in [7, 11) is 1.58. The van der Waals surface area contributed by atoms with Gasteiger partial charge in [-0.15, -0.1) is 0 Å². The largest absolute Gasteiger partial charge is 0.493 e. The van der Waals surface area contributed by atoms with E-state index in [1.165, 1.54) is 16.7 Å². The van der Waals surface area contributed by atoms with Gasteiger partial charge in [-0.1, -0.05) is 36.4 Å². The van der Waals surface area contributed by atoms with Crippen LogP contribution in [0.4, 0.5) is 10.1 Å². The van der Waals surface area contributed by atoms with Crippen LogP contribution in [-0.2, 0) is 26.0 Å². The minimum atomic E-state index is -0.562. The molecule has 3 aromatic carbocycles. The number of oxazole rings is 2. The van der Waals surface area contributed by atoms with E-state index in [0.29, 0.717) is 48.9 Å². The normalized spacial score (nSPS) is 13.8. The van der Waals surface area contributed by atoms with E-state index in [-0.39, 0.29) is 24.1 Å². The smallest absolute Gasteiger partial charge is 0.422 e. The second-order valence-electron chi connectivity index (χ2n) is 11.6. The fraction of sp³-hybridized carbons (Fsp3) is 0.297. The summed E-state index contributed by atoms with van der Waals surface area (Å²) in [4.78, 5) is 21.6. The molecule has 0 unspecified atom stereocenters. The van der Waals surface area contributed by atoms with Crippen LogP contribution in [-0.4, -0.2) is 59.4 Å². The first-order valence-corrected chi connectivity index (χ1v) is 16.1. The summed E-state index contributed by atoms with van der Waals surface area (Å²) in [5.74, 6) is 0.921. The third-order valence-corrected chi connectivity index (χ3v) is 8.39. The minimum absolute atomic E-state index is 0.130. The highest BCUT2D eigenvalue weighted by Crippen LogP contribution is 2.30. The van der Waals surface area contributed by atoms with Crippen molar-refractivity contribution in [2.75, 3.05) is 44.7 Å². The maximum Gasteiger partial charge on any atom is 0.422 e. The van der Waals surface area contributed by atoms with E-state index in [0.717, 1.165) is 49.5 Å². The number of hydrogen-bond donors (Lipinski definition) is 1. The van der Waals surface area contributed by atoms with Crippen LogP contribution in [0.25, 0.3) is 12.2 Å². The van der Waals surface area contributed by atoms with Crippen LogP contribution in [0.3, 0.4) is 0 Å². The highest BCUT2D eigenvalue weighted by molar-refractivity contribution is 5.65. The van der Waals surface area contributed by atoms with Crippen LogP contribution in [0.5, 0.6) is 17.4 Å². The second-order valence-corrected chi connectivity index (χ2v) is 11.6. The maximum atomic E-state index is 13.3. The lowest BCUT2D eigenvalue weighted by atomic mass is 10.1. The standard InChI is InChI=1S/C37H39FN4O6/c1-45-32-15-8-28(24-34(32)46-25-30-26-47-35(39-30)17-10-27-6-3-2-4-7-27)9-16-33-36(43)42(37(44)48-33)19-5-18-40-20-22-41(23-21-40)31-13-11-29(38)12-14-31/h2-4,6-8,10-15,17,24,26,43H,5,9,16,18-23,25H2,1H3. The van der Waals surface area contributed by atoms with Crippen LogP contribution in [0, 0.1) is 5.82 Å². The van der Waals surface area contributed by atoms with E-state index in [1.807, 2.05) is 54.6 Å². The van der Waals surface area contributed by atoms with Gasteiger partial charge in [0.2, 0.25) is 11.8 Å². The first-order chi connectivity index (χ1) is 23.4. The van der Waals surface area contributed by atoms with Crippen molar-refractivity contribution in [2.24, 2.45) is 0 Å². The van der Waals surface area contributed by atoms with E-state index < -0.39 is 5.76 Å². The fourth-order valence-corrected chi connectivity index (χ4v) is 5.73. The molecule has 11 heteroatoms. The Morgan fingerprint density at radius 3 is 2.50 bits per heavy atom. The molecule has 1 aliphatic rings. The van der Waals surface area contributed by atoms with Gasteiger partial charge in [-0.3, -0.25) is 4.90 Å². The Kier molecular flexibility index (Phi) is 10.6. The Bertz CT molecular complexity index is 1860. The molecule has 48 heavy (non-hydrogen) atoms. The van der Waals surface area contributed by atoms with Crippen molar-refractivity contribution >= 4 is 17.8 Å². The van der Waals surface area contributed by atoms with Gasteiger partial charge in [0.15, 0.2) is 17.3 Å². The van der Waals surface area contributed by atoms with Crippen molar-refractivity contribution in [3.05, 3.63) is 124 Å². The number of hydrogen-bond acceptors (Lipinski definition) is 9. The van der Waals surface area contributed by atoms with Gasteiger partial charge < -0.3 is 28.3 Å². The molecule has 1 aliphatic heterocycles. The number of aryl methyl sites for hydroxylation is 2. The molecule has 6 rings (SSSR count). The van der Waals surface area contributed by atoms with Crippen LogP contribution >= 0.6 is 0 Å². The Morgan fingerprint density at radius 1 is 0.938 bits per heavy atom. The molecule has 3 heterocycles. The summed E-state index contributed by atoms with van der Waals surface area (Å²) < 4.78 is 37.1. The Morgan fingerprint density at radius 2 is 1.73 bits per heavy atom. The van der Waals surface area contributed by atoms with Gasteiger partial charge in [-0.25, -0.2) is 18.7 Å². The minimum Gasteiger partial charge on any atom is -0.493 e.